The molecule has 0 saturated carbocycles. The van der Waals surface area contributed by atoms with Gasteiger partial charge < -0.3 is 5.11 Å². The molecule has 0 unspecified atom stereocenters. The lowest BCUT2D eigenvalue weighted by Crippen LogP contribution is -2.01. The molecule has 0 aliphatic carbocycles. The first kappa shape index (κ1) is 12.1. The van der Waals surface area contributed by atoms with E-state index < -0.39 is 5.97 Å². The number of carboxylic acid groups (broad SMARTS) is 1. The van der Waals surface area contributed by atoms with Crippen molar-refractivity contribution in [2.45, 2.75) is 6.42 Å². The summed E-state index contributed by atoms with van der Waals surface area (Å²) >= 11 is 3.42. The zero-order valence-electron chi connectivity index (χ0n) is 9.93. The van der Waals surface area contributed by atoms with Gasteiger partial charge >= 0.3 is 5.97 Å². The maximum atomic E-state index is 10.9. The minimum Gasteiger partial charge on any atom is -0.481 e. The van der Waals surface area contributed by atoms with Gasteiger partial charge in [-0.15, -0.1) is 0 Å². The van der Waals surface area contributed by atoms with Gasteiger partial charge in [-0.25, -0.2) is 4.98 Å². The van der Waals surface area contributed by atoms with Crippen molar-refractivity contribution < 1.29 is 9.90 Å². The summed E-state index contributed by atoms with van der Waals surface area (Å²) in [5, 5.41) is 11.0. The van der Waals surface area contributed by atoms with Crippen LogP contribution in [0.2, 0.25) is 0 Å². The van der Waals surface area contributed by atoms with Gasteiger partial charge in [-0.2, -0.15) is 0 Å². The largest absolute Gasteiger partial charge is 0.481 e. The van der Waals surface area contributed by atoms with Gasteiger partial charge in [0.05, 0.1) is 17.5 Å². The molecule has 3 aromatic rings. The van der Waals surface area contributed by atoms with E-state index in [4.69, 9.17) is 5.11 Å². The number of carbonyl (C=O) groups is 1. The van der Waals surface area contributed by atoms with Crippen molar-refractivity contribution in [1.82, 2.24) is 4.98 Å². The number of aromatic nitrogens is 1. The third-order valence-corrected chi connectivity index (χ3v) is 3.52. The van der Waals surface area contributed by atoms with Crippen LogP contribution in [-0.2, 0) is 11.2 Å². The Balaban J connectivity index is 2.32. The van der Waals surface area contributed by atoms with E-state index in [1.807, 2.05) is 42.5 Å². The Hall–Kier alpha value is -1.94. The molecule has 0 fully saturated rings. The molecule has 0 atom stereocenters. The zero-order chi connectivity index (χ0) is 13.4. The lowest BCUT2D eigenvalue weighted by atomic mass is 10.0. The number of fused-ring (bicyclic) bond motifs is 2. The van der Waals surface area contributed by atoms with Crippen molar-refractivity contribution in [2.75, 3.05) is 0 Å². The van der Waals surface area contributed by atoms with Crippen molar-refractivity contribution in [3.8, 4) is 0 Å². The fourth-order valence-electron chi connectivity index (χ4n) is 2.19. The molecule has 3 rings (SSSR count). The first-order valence-corrected chi connectivity index (χ1v) is 6.62. The van der Waals surface area contributed by atoms with E-state index in [1.54, 1.807) is 0 Å². The third-order valence-electron chi connectivity index (χ3n) is 3.03. The van der Waals surface area contributed by atoms with Gasteiger partial charge in [-0.3, -0.25) is 4.79 Å². The standard InChI is InChI=1S/C15H10BrNO2/c16-12-5-4-9-6-10-2-1-3-11(7-14(18)19)15(10)17-13(9)8-12/h1-6,8H,7H2,(H,18,19). The monoisotopic (exact) mass is 315 g/mol. The topological polar surface area (TPSA) is 50.2 Å². The molecule has 0 bridgehead atoms. The number of hydrogen-bond acceptors (Lipinski definition) is 2. The average Bonchev–Trinajstić information content (AvgIpc) is 2.36. The molecule has 1 N–H and O–H groups in total. The van der Waals surface area contributed by atoms with Crippen molar-refractivity contribution >= 4 is 43.7 Å². The number of aliphatic carboxylic acids is 1. The van der Waals surface area contributed by atoms with E-state index in [-0.39, 0.29) is 6.42 Å². The maximum absolute atomic E-state index is 10.9. The second-order valence-electron chi connectivity index (χ2n) is 4.38. The molecule has 0 aliphatic heterocycles. The van der Waals surface area contributed by atoms with Crippen molar-refractivity contribution in [3.05, 3.63) is 52.5 Å². The summed E-state index contributed by atoms with van der Waals surface area (Å²) in [6, 6.07) is 13.6. The highest BCUT2D eigenvalue weighted by molar-refractivity contribution is 9.10. The highest BCUT2D eigenvalue weighted by atomic mass is 79.9. The summed E-state index contributed by atoms with van der Waals surface area (Å²) in [5.41, 5.74) is 2.36. The van der Waals surface area contributed by atoms with Crippen LogP contribution in [0.4, 0.5) is 0 Å². The zero-order valence-corrected chi connectivity index (χ0v) is 11.5. The van der Waals surface area contributed by atoms with Crippen LogP contribution in [0.25, 0.3) is 21.8 Å². The Morgan fingerprint density at radius 3 is 2.79 bits per heavy atom. The second kappa shape index (κ2) is 4.63. The molecular formula is C15H10BrNO2. The van der Waals surface area contributed by atoms with Gasteiger partial charge in [0.15, 0.2) is 0 Å². The first-order chi connectivity index (χ1) is 9.13. The SMILES string of the molecule is O=C(O)Cc1cccc2cc3ccc(Br)cc3nc12. The molecule has 94 valence electrons. The number of para-hydroxylation sites is 1. The fraction of sp³-hybridized carbons (Fsp3) is 0.0667. The van der Waals surface area contributed by atoms with Gasteiger partial charge in [0.1, 0.15) is 0 Å². The summed E-state index contributed by atoms with van der Waals surface area (Å²) in [6.45, 7) is 0. The number of rotatable bonds is 2. The maximum Gasteiger partial charge on any atom is 0.307 e. The smallest absolute Gasteiger partial charge is 0.307 e. The normalized spacial score (nSPS) is 11.0. The van der Waals surface area contributed by atoms with Crippen LogP contribution in [0.5, 0.6) is 0 Å². The molecule has 2 aromatic carbocycles. The Morgan fingerprint density at radius 1 is 1.16 bits per heavy atom. The minimum absolute atomic E-state index is 0.0101. The van der Waals surface area contributed by atoms with E-state index in [0.717, 1.165) is 31.8 Å². The Morgan fingerprint density at radius 2 is 2.00 bits per heavy atom. The molecule has 0 spiro atoms. The highest BCUT2D eigenvalue weighted by Crippen LogP contribution is 2.25. The van der Waals surface area contributed by atoms with Crippen LogP contribution in [0.1, 0.15) is 5.56 Å². The minimum atomic E-state index is -0.844. The summed E-state index contributed by atoms with van der Waals surface area (Å²) in [7, 11) is 0. The highest BCUT2D eigenvalue weighted by Gasteiger charge is 2.08. The van der Waals surface area contributed by atoms with Gasteiger partial charge in [0.25, 0.3) is 0 Å². The molecule has 0 amide bonds. The number of pyridine rings is 1. The second-order valence-corrected chi connectivity index (χ2v) is 5.30. The lowest BCUT2D eigenvalue weighted by Gasteiger charge is -2.06. The third kappa shape index (κ3) is 2.31. The fourth-order valence-corrected chi connectivity index (χ4v) is 2.54. The average molecular weight is 316 g/mol. The van der Waals surface area contributed by atoms with Crippen molar-refractivity contribution in [3.63, 3.8) is 0 Å². The molecule has 1 heterocycles. The number of nitrogens with zero attached hydrogens (tertiary/aromatic N) is 1. The summed E-state index contributed by atoms with van der Waals surface area (Å²) in [5.74, 6) is -0.844. The quantitative estimate of drug-likeness (QED) is 0.732. The molecule has 0 saturated heterocycles. The van der Waals surface area contributed by atoms with Crippen molar-refractivity contribution in [2.24, 2.45) is 0 Å². The van der Waals surface area contributed by atoms with Crippen LogP contribution in [0.15, 0.2) is 46.9 Å². The van der Waals surface area contributed by atoms with Crippen molar-refractivity contribution in [1.29, 1.82) is 0 Å². The van der Waals surface area contributed by atoms with Gasteiger partial charge in [-0.05, 0) is 23.8 Å². The van der Waals surface area contributed by atoms with Gasteiger partial charge in [-0.1, -0.05) is 40.2 Å². The predicted octanol–water partition coefficient (Wildman–Crippen LogP) is 3.78. The van der Waals surface area contributed by atoms with Gasteiger partial charge in [0.2, 0.25) is 0 Å². The van der Waals surface area contributed by atoms with Crippen LogP contribution in [0, 0.1) is 0 Å². The molecule has 19 heavy (non-hydrogen) atoms. The Kier molecular flexibility index (Phi) is 2.95. The van der Waals surface area contributed by atoms with Crippen LogP contribution in [0.3, 0.4) is 0 Å². The molecule has 0 aliphatic rings. The summed E-state index contributed by atoms with van der Waals surface area (Å²) < 4.78 is 0.961. The molecule has 4 heteroatoms. The van der Waals surface area contributed by atoms with Crippen LogP contribution < -0.4 is 0 Å². The number of hydrogen-bond donors (Lipinski definition) is 1. The molecule has 1 aromatic heterocycles. The molecule has 0 radical (unpaired) electrons. The van der Waals surface area contributed by atoms with E-state index in [9.17, 15) is 4.79 Å². The first-order valence-electron chi connectivity index (χ1n) is 5.83. The van der Waals surface area contributed by atoms with E-state index in [1.165, 1.54) is 0 Å². The summed E-state index contributed by atoms with van der Waals surface area (Å²) in [6.07, 6.45) is -0.0101. The Bertz CT molecular complexity index is 799. The number of benzene rings is 2. The van der Waals surface area contributed by atoms with E-state index >= 15 is 0 Å². The van der Waals surface area contributed by atoms with E-state index in [2.05, 4.69) is 20.9 Å². The van der Waals surface area contributed by atoms with E-state index in [0.29, 0.717) is 0 Å². The van der Waals surface area contributed by atoms with Crippen LogP contribution >= 0.6 is 15.9 Å². The molecule has 3 nitrogen and oxygen atoms in total. The lowest BCUT2D eigenvalue weighted by molar-refractivity contribution is -0.136. The molecular weight excluding hydrogens is 306 g/mol. The number of halogens is 1. The number of carboxylic acids is 1. The Labute approximate surface area is 118 Å². The predicted molar refractivity (Wildman–Crippen MR) is 78.3 cm³/mol. The van der Waals surface area contributed by atoms with Crippen LogP contribution in [-0.4, -0.2) is 16.1 Å². The van der Waals surface area contributed by atoms with Gasteiger partial charge in [0, 0.05) is 15.2 Å². The summed E-state index contributed by atoms with van der Waals surface area (Å²) in [4.78, 5) is 15.5.